The highest BCUT2D eigenvalue weighted by Crippen LogP contribution is 2.23. The van der Waals surface area contributed by atoms with E-state index in [1.54, 1.807) is 0 Å². The quantitative estimate of drug-likeness (QED) is 0.863. The summed E-state index contributed by atoms with van der Waals surface area (Å²) in [6, 6.07) is 9.92. The van der Waals surface area contributed by atoms with Gasteiger partial charge in [-0.2, -0.15) is 0 Å². The molecule has 1 aromatic rings. The van der Waals surface area contributed by atoms with Crippen molar-refractivity contribution in [1.29, 1.82) is 0 Å². The van der Waals surface area contributed by atoms with E-state index in [2.05, 4.69) is 0 Å². The van der Waals surface area contributed by atoms with Crippen molar-refractivity contribution in [3.8, 4) is 0 Å². The Morgan fingerprint density at radius 3 is 2.67 bits per heavy atom. The maximum absolute atomic E-state index is 11.4. The Labute approximate surface area is 107 Å². The lowest BCUT2D eigenvalue weighted by molar-refractivity contribution is 0.104. The number of hydrogen-bond donors (Lipinski definition) is 2. The molecule has 0 aliphatic heterocycles. The van der Waals surface area contributed by atoms with Crippen molar-refractivity contribution in [3.05, 3.63) is 35.9 Å². The lowest BCUT2D eigenvalue weighted by Crippen LogP contribution is -2.44. The van der Waals surface area contributed by atoms with Gasteiger partial charge in [0.15, 0.2) is 0 Å². The lowest BCUT2D eigenvalue weighted by Gasteiger charge is -2.34. The van der Waals surface area contributed by atoms with Gasteiger partial charge in [-0.3, -0.25) is 0 Å². The van der Waals surface area contributed by atoms with Crippen LogP contribution in [0.1, 0.15) is 31.2 Å². The molecule has 0 radical (unpaired) electrons. The van der Waals surface area contributed by atoms with Crippen LogP contribution in [0.15, 0.2) is 30.3 Å². The number of amides is 1. The Bertz CT molecular complexity index is 394. The summed E-state index contributed by atoms with van der Waals surface area (Å²) in [5.41, 5.74) is 6.96. The van der Waals surface area contributed by atoms with Gasteiger partial charge >= 0.3 is 6.09 Å². The molecule has 4 nitrogen and oxygen atoms in total. The highest BCUT2D eigenvalue weighted by atomic mass is 16.4. The fourth-order valence-corrected chi connectivity index (χ4v) is 2.62. The molecule has 0 unspecified atom stereocenters. The van der Waals surface area contributed by atoms with E-state index in [0.717, 1.165) is 31.2 Å². The first-order valence-corrected chi connectivity index (χ1v) is 6.46. The van der Waals surface area contributed by atoms with Crippen LogP contribution in [0.25, 0.3) is 0 Å². The molecule has 1 amide bonds. The third kappa shape index (κ3) is 3.23. The first-order chi connectivity index (χ1) is 8.66. The smallest absolute Gasteiger partial charge is 0.407 e. The van der Waals surface area contributed by atoms with Gasteiger partial charge in [0.25, 0.3) is 0 Å². The molecule has 18 heavy (non-hydrogen) atoms. The van der Waals surface area contributed by atoms with E-state index in [0.29, 0.717) is 6.54 Å². The van der Waals surface area contributed by atoms with Crippen molar-refractivity contribution in [2.45, 2.75) is 44.3 Å². The summed E-state index contributed by atoms with van der Waals surface area (Å²) in [7, 11) is 0. The Hall–Kier alpha value is -1.55. The molecule has 1 aliphatic carbocycles. The molecule has 1 fully saturated rings. The average molecular weight is 248 g/mol. The Morgan fingerprint density at radius 1 is 1.33 bits per heavy atom. The number of rotatable bonds is 3. The summed E-state index contributed by atoms with van der Waals surface area (Å²) < 4.78 is 0. The summed E-state index contributed by atoms with van der Waals surface area (Å²) in [5.74, 6) is 0. The fourth-order valence-electron chi connectivity index (χ4n) is 2.62. The Morgan fingerprint density at radius 2 is 2.06 bits per heavy atom. The normalized spacial score (nSPS) is 23.6. The largest absolute Gasteiger partial charge is 0.465 e. The summed E-state index contributed by atoms with van der Waals surface area (Å²) in [5, 5.41) is 9.36. The second-order valence-corrected chi connectivity index (χ2v) is 4.98. The minimum Gasteiger partial charge on any atom is -0.465 e. The van der Waals surface area contributed by atoms with E-state index in [-0.39, 0.29) is 12.1 Å². The van der Waals surface area contributed by atoms with Crippen LogP contribution in [0, 0.1) is 0 Å². The molecule has 1 aromatic carbocycles. The van der Waals surface area contributed by atoms with Crippen molar-refractivity contribution in [1.82, 2.24) is 4.90 Å². The second-order valence-electron chi connectivity index (χ2n) is 4.98. The molecule has 0 heterocycles. The van der Waals surface area contributed by atoms with E-state index in [4.69, 9.17) is 5.73 Å². The number of carbonyl (C=O) groups is 1. The summed E-state index contributed by atoms with van der Waals surface area (Å²) >= 11 is 0. The van der Waals surface area contributed by atoms with Crippen LogP contribution < -0.4 is 5.73 Å². The molecular weight excluding hydrogens is 228 g/mol. The Balaban J connectivity index is 2.06. The Kier molecular flexibility index (Phi) is 4.20. The molecule has 2 rings (SSSR count). The molecule has 2 atom stereocenters. The van der Waals surface area contributed by atoms with Gasteiger partial charge in [0, 0.05) is 18.6 Å². The molecule has 0 aromatic heterocycles. The lowest BCUT2D eigenvalue weighted by atomic mass is 9.90. The van der Waals surface area contributed by atoms with Crippen LogP contribution in [-0.2, 0) is 6.54 Å². The van der Waals surface area contributed by atoms with Gasteiger partial charge in [0.2, 0.25) is 0 Å². The van der Waals surface area contributed by atoms with Crippen molar-refractivity contribution >= 4 is 6.09 Å². The van der Waals surface area contributed by atoms with Gasteiger partial charge in [-0.15, -0.1) is 0 Å². The molecule has 4 heteroatoms. The third-order valence-electron chi connectivity index (χ3n) is 3.57. The number of carboxylic acid groups (broad SMARTS) is 1. The molecule has 0 spiro atoms. The number of hydrogen-bond acceptors (Lipinski definition) is 2. The van der Waals surface area contributed by atoms with Crippen molar-refractivity contribution in [2.24, 2.45) is 5.73 Å². The van der Waals surface area contributed by atoms with Crippen LogP contribution in [0.2, 0.25) is 0 Å². The zero-order chi connectivity index (χ0) is 13.0. The van der Waals surface area contributed by atoms with Gasteiger partial charge in [0.1, 0.15) is 0 Å². The van der Waals surface area contributed by atoms with Gasteiger partial charge in [-0.05, 0) is 31.2 Å². The standard InChI is InChI=1S/C14H20N2O2/c15-12-7-4-8-13(9-12)16(14(17)18)10-11-5-2-1-3-6-11/h1-3,5-6,12-13H,4,7-10,15H2,(H,17,18)/t12-,13+/m1/s1. The van der Waals surface area contributed by atoms with E-state index in [1.165, 1.54) is 4.90 Å². The molecule has 0 saturated heterocycles. The van der Waals surface area contributed by atoms with Crippen LogP contribution in [0.4, 0.5) is 4.79 Å². The average Bonchev–Trinajstić information content (AvgIpc) is 2.37. The molecule has 1 aliphatic rings. The first-order valence-electron chi connectivity index (χ1n) is 6.46. The third-order valence-corrected chi connectivity index (χ3v) is 3.57. The SMILES string of the molecule is N[C@@H]1CCC[C@H](N(Cc2ccccc2)C(=O)O)C1. The number of benzene rings is 1. The van der Waals surface area contributed by atoms with Gasteiger partial charge in [-0.25, -0.2) is 4.79 Å². The summed E-state index contributed by atoms with van der Waals surface area (Å²) in [6.45, 7) is 0.452. The fraction of sp³-hybridized carbons (Fsp3) is 0.500. The van der Waals surface area contributed by atoms with Crippen LogP contribution in [0.3, 0.4) is 0 Å². The molecule has 3 N–H and O–H groups in total. The molecule has 1 saturated carbocycles. The topological polar surface area (TPSA) is 66.6 Å². The number of nitrogens with two attached hydrogens (primary N) is 1. The minimum absolute atomic E-state index is 0.0615. The highest BCUT2D eigenvalue weighted by molar-refractivity contribution is 5.65. The zero-order valence-electron chi connectivity index (χ0n) is 10.5. The first kappa shape index (κ1) is 12.9. The van der Waals surface area contributed by atoms with Crippen LogP contribution >= 0.6 is 0 Å². The monoisotopic (exact) mass is 248 g/mol. The van der Waals surface area contributed by atoms with Crippen LogP contribution in [-0.4, -0.2) is 28.2 Å². The predicted molar refractivity (Wildman–Crippen MR) is 70.2 cm³/mol. The van der Waals surface area contributed by atoms with E-state index in [1.807, 2.05) is 30.3 Å². The minimum atomic E-state index is -0.849. The van der Waals surface area contributed by atoms with E-state index >= 15 is 0 Å². The summed E-state index contributed by atoms with van der Waals surface area (Å²) in [6.07, 6.45) is 2.88. The van der Waals surface area contributed by atoms with Crippen molar-refractivity contribution < 1.29 is 9.90 Å². The number of nitrogens with zero attached hydrogens (tertiary/aromatic N) is 1. The summed E-state index contributed by atoms with van der Waals surface area (Å²) in [4.78, 5) is 12.9. The van der Waals surface area contributed by atoms with Crippen molar-refractivity contribution in [3.63, 3.8) is 0 Å². The van der Waals surface area contributed by atoms with Gasteiger partial charge in [-0.1, -0.05) is 30.3 Å². The highest BCUT2D eigenvalue weighted by Gasteiger charge is 2.28. The molecule has 0 bridgehead atoms. The van der Waals surface area contributed by atoms with Crippen molar-refractivity contribution in [2.75, 3.05) is 0 Å². The van der Waals surface area contributed by atoms with Crippen LogP contribution in [0.5, 0.6) is 0 Å². The van der Waals surface area contributed by atoms with Gasteiger partial charge in [0.05, 0.1) is 0 Å². The maximum Gasteiger partial charge on any atom is 0.407 e. The zero-order valence-corrected chi connectivity index (χ0v) is 10.5. The predicted octanol–water partition coefficient (Wildman–Crippen LogP) is 2.44. The van der Waals surface area contributed by atoms with E-state index in [9.17, 15) is 9.90 Å². The molecule has 98 valence electrons. The maximum atomic E-state index is 11.4. The van der Waals surface area contributed by atoms with Gasteiger partial charge < -0.3 is 15.7 Å². The molecular formula is C14H20N2O2. The second kappa shape index (κ2) is 5.87. The van der Waals surface area contributed by atoms with E-state index < -0.39 is 6.09 Å².